The Hall–Kier alpha value is -3.21. The lowest BCUT2D eigenvalue weighted by atomic mass is 10.1. The molecule has 0 saturated carbocycles. The molecule has 1 aromatic heterocycles. The number of hydrogen-bond acceptors (Lipinski definition) is 7. The van der Waals surface area contributed by atoms with Crippen molar-refractivity contribution in [3.05, 3.63) is 69.6 Å². The number of nitrogens with one attached hydrogen (secondary N) is 2. The number of carbonyl (C=O) groups excluding carboxylic acids is 1. The maximum atomic E-state index is 12.7. The molecule has 0 radical (unpaired) electrons. The van der Waals surface area contributed by atoms with E-state index in [-0.39, 0.29) is 25.4 Å². The van der Waals surface area contributed by atoms with Gasteiger partial charge in [0.05, 0.1) is 25.3 Å². The smallest absolute Gasteiger partial charge is 0.356 e. The zero-order valence-corrected chi connectivity index (χ0v) is 14.7. The van der Waals surface area contributed by atoms with Gasteiger partial charge in [0.1, 0.15) is 12.2 Å². The first-order valence-electron chi connectivity index (χ1n) is 8.46. The van der Waals surface area contributed by atoms with Gasteiger partial charge < -0.3 is 25.2 Å². The number of benzene rings is 1. The van der Waals surface area contributed by atoms with Crippen molar-refractivity contribution in [2.75, 3.05) is 13.2 Å². The number of aromatic nitrogens is 1. The summed E-state index contributed by atoms with van der Waals surface area (Å²) in [6.45, 7) is 0.304. The first-order chi connectivity index (χ1) is 13.5. The second-order valence-electron chi connectivity index (χ2n) is 6.15. The van der Waals surface area contributed by atoms with Gasteiger partial charge in [-0.15, -0.1) is 4.73 Å². The number of hydroxylamine groups is 1. The lowest BCUT2D eigenvalue weighted by molar-refractivity contribution is 0.0529. The van der Waals surface area contributed by atoms with Crippen molar-refractivity contribution in [1.82, 2.24) is 15.5 Å². The molecule has 10 heteroatoms. The number of amides is 1. The minimum atomic E-state index is -1.37. The number of carbonyl (C=O) groups is 2. The third kappa shape index (κ3) is 4.19. The average molecular weight is 389 g/mol. The van der Waals surface area contributed by atoms with Crippen LogP contribution in [0, 0.1) is 0 Å². The molecule has 1 aliphatic heterocycles. The second kappa shape index (κ2) is 8.65. The third-order valence-electron chi connectivity index (χ3n) is 4.27. The van der Waals surface area contributed by atoms with Crippen LogP contribution in [-0.4, -0.2) is 52.2 Å². The topological polar surface area (TPSA) is 139 Å². The minimum absolute atomic E-state index is 0.0565. The maximum Gasteiger partial charge on any atom is 0.356 e. The van der Waals surface area contributed by atoms with Gasteiger partial charge in [-0.3, -0.25) is 9.59 Å². The van der Waals surface area contributed by atoms with Crippen LogP contribution in [0.1, 0.15) is 26.4 Å². The average Bonchev–Trinajstić information content (AvgIpc) is 3.14. The summed E-state index contributed by atoms with van der Waals surface area (Å²) in [5.41, 5.74) is 1.16. The fourth-order valence-electron chi connectivity index (χ4n) is 2.76. The predicted molar refractivity (Wildman–Crippen MR) is 95.2 cm³/mol. The lowest BCUT2D eigenvalue weighted by Gasteiger charge is -2.18. The molecule has 0 spiro atoms. The van der Waals surface area contributed by atoms with Gasteiger partial charge in [0.25, 0.3) is 11.5 Å². The van der Waals surface area contributed by atoms with Gasteiger partial charge in [-0.05, 0) is 17.7 Å². The Morgan fingerprint density at radius 2 is 1.86 bits per heavy atom. The molecule has 3 rings (SSSR count). The van der Waals surface area contributed by atoms with E-state index in [1.165, 1.54) is 0 Å². The Balaban J connectivity index is 1.85. The SMILES string of the molecule is O=C(N[C@@H]1COC[C@@H]1NO)c1ccc(C(=O)O)n(OCc2ccccc2)c1=O. The van der Waals surface area contributed by atoms with E-state index in [1.54, 1.807) is 24.3 Å². The summed E-state index contributed by atoms with van der Waals surface area (Å²) in [5.74, 6) is -2.10. The first-order valence-corrected chi connectivity index (χ1v) is 8.46. The summed E-state index contributed by atoms with van der Waals surface area (Å²) in [6, 6.07) is 10.1. The van der Waals surface area contributed by atoms with E-state index in [0.29, 0.717) is 4.73 Å². The molecule has 4 N–H and O–H groups in total. The molecule has 2 atom stereocenters. The molecular formula is C18H19N3O7. The molecule has 28 heavy (non-hydrogen) atoms. The maximum absolute atomic E-state index is 12.7. The molecular weight excluding hydrogens is 370 g/mol. The Labute approximate surface area is 159 Å². The van der Waals surface area contributed by atoms with Gasteiger partial charge in [-0.25, -0.2) is 4.79 Å². The van der Waals surface area contributed by atoms with Crippen LogP contribution in [0.3, 0.4) is 0 Å². The lowest BCUT2D eigenvalue weighted by Crippen LogP contribution is -2.49. The Kier molecular flexibility index (Phi) is 6.04. The molecule has 1 fully saturated rings. The Bertz CT molecular complexity index is 913. The molecule has 1 aliphatic rings. The number of ether oxygens (including phenoxy) is 1. The molecule has 0 bridgehead atoms. The van der Waals surface area contributed by atoms with Gasteiger partial charge in [-0.2, -0.15) is 5.48 Å². The molecule has 10 nitrogen and oxygen atoms in total. The predicted octanol–water partition coefficient (Wildman–Crippen LogP) is -0.349. The van der Waals surface area contributed by atoms with E-state index < -0.39 is 35.2 Å². The number of carboxylic acid groups (broad SMARTS) is 1. The van der Waals surface area contributed by atoms with Crippen molar-refractivity contribution in [2.24, 2.45) is 0 Å². The van der Waals surface area contributed by atoms with Crippen LogP contribution in [-0.2, 0) is 11.3 Å². The van der Waals surface area contributed by atoms with Crippen LogP contribution >= 0.6 is 0 Å². The monoisotopic (exact) mass is 389 g/mol. The number of carboxylic acids is 1. The molecule has 0 aliphatic carbocycles. The van der Waals surface area contributed by atoms with Crippen molar-refractivity contribution in [1.29, 1.82) is 0 Å². The van der Waals surface area contributed by atoms with E-state index in [9.17, 15) is 19.5 Å². The number of rotatable bonds is 7. The summed E-state index contributed by atoms with van der Waals surface area (Å²) in [5, 5.41) is 21.0. The van der Waals surface area contributed by atoms with Gasteiger partial charge in [-0.1, -0.05) is 30.3 Å². The summed E-state index contributed by atoms with van der Waals surface area (Å²) >= 11 is 0. The third-order valence-corrected chi connectivity index (χ3v) is 4.27. The van der Waals surface area contributed by atoms with Crippen LogP contribution < -0.4 is 21.2 Å². The fourth-order valence-corrected chi connectivity index (χ4v) is 2.76. The second-order valence-corrected chi connectivity index (χ2v) is 6.15. The van der Waals surface area contributed by atoms with Crippen LogP contribution in [0.4, 0.5) is 0 Å². The Morgan fingerprint density at radius 3 is 2.54 bits per heavy atom. The zero-order chi connectivity index (χ0) is 20.1. The standard InChI is InChI=1S/C18H19N3O7/c22-16(19-13-9-27-10-14(13)20-26)12-6-7-15(18(24)25)21(17(12)23)28-8-11-4-2-1-3-5-11/h1-7,13-14,20,26H,8-10H2,(H,19,22)(H,24,25)/t13-,14+/m1/s1. The van der Waals surface area contributed by atoms with Crippen molar-refractivity contribution < 1.29 is 29.5 Å². The molecule has 0 unspecified atom stereocenters. The van der Waals surface area contributed by atoms with Crippen LogP contribution in [0.15, 0.2) is 47.3 Å². The number of pyridine rings is 1. The van der Waals surface area contributed by atoms with Gasteiger partial charge in [0.15, 0.2) is 5.69 Å². The minimum Gasteiger partial charge on any atom is -0.476 e. The highest BCUT2D eigenvalue weighted by Gasteiger charge is 2.30. The molecule has 1 amide bonds. The Morgan fingerprint density at radius 1 is 1.14 bits per heavy atom. The van der Waals surface area contributed by atoms with E-state index >= 15 is 0 Å². The molecule has 148 valence electrons. The summed E-state index contributed by atoms with van der Waals surface area (Å²) in [6.07, 6.45) is 0. The van der Waals surface area contributed by atoms with Crippen LogP contribution in [0.25, 0.3) is 0 Å². The van der Waals surface area contributed by atoms with Gasteiger partial charge in [0.2, 0.25) is 0 Å². The normalized spacial score (nSPS) is 18.6. The van der Waals surface area contributed by atoms with Crippen molar-refractivity contribution in [3.8, 4) is 0 Å². The van der Waals surface area contributed by atoms with Crippen LogP contribution in [0.2, 0.25) is 0 Å². The highest BCUT2D eigenvalue weighted by Crippen LogP contribution is 2.07. The largest absolute Gasteiger partial charge is 0.476 e. The first kappa shape index (κ1) is 19.5. The van der Waals surface area contributed by atoms with E-state index in [4.69, 9.17) is 14.8 Å². The summed E-state index contributed by atoms with van der Waals surface area (Å²) < 4.78 is 5.76. The van der Waals surface area contributed by atoms with Gasteiger partial charge in [0, 0.05) is 0 Å². The number of hydrogen-bond donors (Lipinski definition) is 4. The molecule has 2 aromatic rings. The van der Waals surface area contributed by atoms with E-state index in [0.717, 1.165) is 17.7 Å². The van der Waals surface area contributed by atoms with Crippen molar-refractivity contribution >= 4 is 11.9 Å². The van der Waals surface area contributed by atoms with Gasteiger partial charge >= 0.3 is 5.97 Å². The van der Waals surface area contributed by atoms with Crippen LogP contribution in [0.5, 0.6) is 0 Å². The molecule has 1 aromatic carbocycles. The highest BCUT2D eigenvalue weighted by atomic mass is 16.7. The fraction of sp³-hybridized carbons (Fsp3) is 0.278. The highest BCUT2D eigenvalue weighted by molar-refractivity contribution is 5.95. The molecule has 1 saturated heterocycles. The van der Waals surface area contributed by atoms with E-state index in [2.05, 4.69) is 5.32 Å². The number of nitrogens with zero attached hydrogens (tertiary/aromatic N) is 1. The summed E-state index contributed by atoms with van der Waals surface area (Å²) in [7, 11) is 0. The molecule has 2 heterocycles. The number of aromatic carboxylic acids is 1. The van der Waals surface area contributed by atoms with Crippen molar-refractivity contribution in [3.63, 3.8) is 0 Å². The van der Waals surface area contributed by atoms with Crippen molar-refractivity contribution in [2.45, 2.75) is 18.7 Å². The summed E-state index contributed by atoms with van der Waals surface area (Å²) in [4.78, 5) is 42.0. The van der Waals surface area contributed by atoms with E-state index in [1.807, 2.05) is 11.5 Å². The zero-order valence-electron chi connectivity index (χ0n) is 14.7. The quantitative estimate of drug-likeness (QED) is 0.471.